The van der Waals surface area contributed by atoms with E-state index >= 15 is 0 Å². The van der Waals surface area contributed by atoms with Gasteiger partial charge in [-0.25, -0.2) is 9.97 Å². The first-order valence-corrected chi connectivity index (χ1v) is 7.99. The number of allylic oxidation sites excluding steroid dienone is 1. The topological polar surface area (TPSA) is 65.2 Å². The van der Waals surface area contributed by atoms with E-state index in [4.69, 9.17) is 5.41 Å². The first-order chi connectivity index (χ1) is 11.1. The number of rotatable bonds is 3. The Labute approximate surface area is 143 Å². The van der Waals surface area contributed by atoms with Gasteiger partial charge in [-0.1, -0.05) is 28.1 Å². The van der Waals surface area contributed by atoms with Gasteiger partial charge in [-0.3, -0.25) is 10.4 Å². The summed E-state index contributed by atoms with van der Waals surface area (Å²) >= 11 is 3.48. The highest BCUT2D eigenvalue weighted by Crippen LogP contribution is 2.21. The number of halogens is 1. The summed E-state index contributed by atoms with van der Waals surface area (Å²) in [5.74, 6) is 0.383. The Morgan fingerprint density at radius 3 is 2.83 bits per heavy atom. The average molecular weight is 370 g/mol. The predicted octanol–water partition coefficient (Wildman–Crippen LogP) is 3.34. The van der Waals surface area contributed by atoms with Crippen molar-refractivity contribution in [2.45, 2.75) is 13.3 Å². The van der Waals surface area contributed by atoms with Crippen LogP contribution in [0.2, 0.25) is 0 Å². The molecule has 0 fully saturated rings. The van der Waals surface area contributed by atoms with E-state index in [0.29, 0.717) is 5.84 Å². The Morgan fingerprint density at radius 2 is 2.13 bits per heavy atom. The molecule has 0 atom stereocenters. The van der Waals surface area contributed by atoms with Crippen LogP contribution in [0.1, 0.15) is 16.8 Å². The molecule has 23 heavy (non-hydrogen) atoms. The Kier molecular flexibility index (Phi) is 4.34. The number of hydrogen-bond donors (Lipinski definition) is 1. The van der Waals surface area contributed by atoms with E-state index in [1.807, 2.05) is 18.2 Å². The Balaban J connectivity index is 1.93. The zero-order valence-corrected chi connectivity index (χ0v) is 14.5. The van der Waals surface area contributed by atoms with Crippen LogP contribution < -0.4 is 0 Å². The second-order valence-corrected chi connectivity index (χ2v) is 6.22. The van der Waals surface area contributed by atoms with E-state index in [1.54, 1.807) is 18.3 Å². The maximum absolute atomic E-state index is 8.24. The van der Waals surface area contributed by atoms with Gasteiger partial charge in [-0.15, -0.1) is 0 Å². The van der Waals surface area contributed by atoms with E-state index in [-0.39, 0.29) is 0 Å². The fraction of sp³-hybridized carbons (Fsp3) is 0.176. The molecule has 3 rings (SSSR count). The van der Waals surface area contributed by atoms with Gasteiger partial charge < -0.3 is 0 Å². The third-order valence-electron chi connectivity index (χ3n) is 3.74. The van der Waals surface area contributed by atoms with E-state index in [0.717, 1.165) is 27.9 Å². The van der Waals surface area contributed by atoms with Crippen LogP contribution in [0.5, 0.6) is 0 Å². The molecule has 0 amide bonds. The van der Waals surface area contributed by atoms with Crippen molar-refractivity contribution in [3.05, 3.63) is 69.7 Å². The van der Waals surface area contributed by atoms with Gasteiger partial charge in [0.2, 0.25) is 0 Å². The van der Waals surface area contributed by atoms with Crippen LogP contribution in [0.4, 0.5) is 0 Å². The van der Waals surface area contributed by atoms with E-state index < -0.39 is 0 Å². The number of nitrogens with zero attached hydrogens (tertiary/aromatic N) is 4. The van der Waals surface area contributed by atoms with Gasteiger partial charge in [0.05, 0.1) is 5.69 Å². The number of aryl methyl sites for hydroxylation is 1. The molecular weight excluding hydrogens is 354 g/mol. The SMILES string of the molecule is Cc1cc(Br)ccc1C/C=C1/C(=N)N(C)N=C1c1ccncn1. The maximum atomic E-state index is 8.24. The minimum Gasteiger partial charge on any atom is -0.283 e. The first-order valence-electron chi connectivity index (χ1n) is 7.19. The normalized spacial score (nSPS) is 16.1. The fourth-order valence-electron chi connectivity index (χ4n) is 2.45. The molecule has 0 unspecified atom stereocenters. The molecule has 2 heterocycles. The standard InChI is InChI=1S/C17H16BrN5/c1-11-9-13(18)5-3-12(11)4-6-14-16(22-23(2)17(14)19)15-7-8-20-10-21-15/h3,5-10,19H,4H2,1-2H3/b14-6+,19-17?. The number of aromatic nitrogens is 2. The fourth-order valence-corrected chi connectivity index (χ4v) is 2.93. The summed E-state index contributed by atoms with van der Waals surface area (Å²) < 4.78 is 1.07. The maximum Gasteiger partial charge on any atom is 0.150 e. The van der Waals surface area contributed by atoms with Crippen molar-refractivity contribution in [1.82, 2.24) is 15.0 Å². The zero-order chi connectivity index (χ0) is 16.4. The van der Waals surface area contributed by atoms with Crippen LogP contribution >= 0.6 is 15.9 Å². The van der Waals surface area contributed by atoms with Crippen molar-refractivity contribution >= 4 is 27.5 Å². The number of nitrogens with one attached hydrogen (secondary N) is 1. The molecule has 0 bridgehead atoms. The van der Waals surface area contributed by atoms with Crippen molar-refractivity contribution in [2.75, 3.05) is 7.05 Å². The zero-order valence-electron chi connectivity index (χ0n) is 12.9. The van der Waals surface area contributed by atoms with E-state index in [9.17, 15) is 0 Å². The van der Waals surface area contributed by atoms with Crippen molar-refractivity contribution < 1.29 is 0 Å². The van der Waals surface area contributed by atoms with Crippen molar-refractivity contribution in [3.8, 4) is 0 Å². The number of benzene rings is 1. The van der Waals surface area contributed by atoms with Gasteiger partial charge in [0.25, 0.3) is 0 Å². The monoisotopic (exact) mass is 369 g/mol. The Hall–Kier alpha value is -2.34. The van der Waals surface area contributed by atoms with E-state index in [1.165, 1.54) is 17.5 Å². The molecule has 6 heteroatoms. The number of amidine groups is 1. The van der Waals surface area contributed by atoms with Crippen molar-refractivity contribution in [3.63, 3.8) is 0 Å². The second-order valence-electron chi connectivity index (χ2n) is 5.31. The summed E-state index contributed by atoms with van der Waals surface area (Å²) in [7, 11) is 1.77. The van der Waals surface area contributed by atoms with Gasteiger partial charge in [0, 0.05) is 23.3 Å². The highest BCUT2D eigenvalue weighted by atomic mass is 79.9. The van der Waals surface area contributed by atoms with Crippen LogP contribution in [0.15, 0.2) is 58.0 Å². The van der Waals surface area contributed by atoms with Crippen molar-refractivity contribution in [2.24, 2.45) is 5.10 Å². The summed E-state index contributed by atoms with van der Waals surface area (Å²) in [5, 5.41) is 14.2. The molecule has 0 spiro atoms. The lowest BCUT2D eigenvalue weighted by Gasteiger charge is -2.07. The lowest BCUT2D eigenvalue weighted by Crippen LogP contribution is -2.16. The average Bonchev–Trinajstić information content (AvgIpc) is 2.83. The number of likely N-dealkylation sites (N-methyl/N-ethyl adjacent to an activating group) is 1. The van der Waals surface area contributed by atoms with Crippen molar-refractivity contribution in [1.29, 1.82) is 5.41 Å². The summed E-state index contributed by atoms with van der Waals surface area (Å²) in [6.45, 7) is 2.09. The van der Waals surface area contributed by atoms with Crippen LogP contribution in [0.25, 0.3) is 0 Å². The molecule has 1 aromatic heterocycles. The highest BCUT2D eigenvalue weighted by Gasteiger charge is 2.25. The minimum absolute atomic E-state index is 0.383. The molecule has 116 valence electrons. The molecule has 0 saturated carbocycles. The summed E-state index contributed by atoms with van der Waals surface area (Å²) in [6, 6.07) is 8.04. The third kappa shape index (κ3) is 3.22. The summed E-state index contributed by atoms with van der Waals surface area (Å²) in [5.41, 5.74) is 4.69. The predicted molar refractivity (Wildman–Crippen MR) is 94.7 cm³/mol. The Bertz CT molecular complexity index is 811. The minimum atomic E-state index is 0.383. The van der Waals surface area contributed by atoms with Crippen LogP contribution in [0.3, 0.4) is 0 Å². The molecule has 0 saturated heterocycles. The summed E-state index contributed by atoms with van der Waals surface area (Å²) in [6.07, 6.45) is 5.97. The van der Waals surface area contributed by atoms with Gasteiger partial charge in [0.15, 0.2) is 0 Å². The third-order valence-corrected chi connectivity index (χ3v) is 4.23. The number of hydrazone groups is 1. The molecule has 1 aliphatic heterocycles. The highest BCUT2D eigenvalue weighted by molar-refractivity contribution is 9.10. The summed E-state index contributed by atoms with van der Waals surface area (Å²) in [4.78, 5) is 8.19. The van der Waals surface area contributed by atoms with Crippen LogP contribution in [0, 0.1) is 12.3 Å². The Morgan fingerprint density at radius 1 is 1.30 bits per heavy atom. The van der Waals surface area contributed by atoms with Crippen LogP contribution in [-0.2, 0) is 6.42 Å². The van der Waals surface area contributed by atoms with Crippen LogP contribution in [-0.4, -0.2) is 33.6 Å². The van der Waals surface area contributed by atoms with Gasteiger partial charge >= 0.3 is 0 Å². The number of hydrogen-bond acceptors (Lipinski definition) is 4. The second kappa shape index (κ2) is 6.42. The molecule has 1 N–H and O–H groups in total. The lowest BCUT2D eigenvalue weighted by molar-refractivity contribution is 0.555. The van der Waals surface area contributed by atoms with E-state index in [2.05, 4.69) is 50.1 Å². The first kappa shape index (κ1) is 15.6. The molecule has 2 aromatic rings. The van der Waals surface area contributed by atoms with Gasteiger partial charge in [-0.2, -0.15) is 5.10 Å². The molecule has 0 aliphatic carbocycles. The molecule has 5 nitrogen and oxygen atoms in total. The largest absolute Gasteiger partial charge is 0.283 e. The molecular formula is C17H16BrN5. The van der Waals surface area contributed by atoms with Gasteiger partial charge in [-0.05, 0) is 42.7 Å². The molecule has 0 radical (unpaired) electrons. The lowest BCUT2D eigenvalue weighted by atomic mass is 10.0. The molecule has 1 aromatic carbocycles. The molecule has 1 aliphatic rings. The quantitative estimate of drug-likeness (QED) is 0.901. The smallest absolute Gasteiger partial charge is 0.150 e. The van der Waals surface area contributed by atoms with Gasteiger partial charge in [0.1, 0.15) is 17.9 Å².